The third-order valence-electron chi connectivity index (χ3n) is 4.73. The zero-order valence-corrected chi connectivity index (χ0v) is 16.0. The zero-order valence-electron chi connectivity index (χ0n) is 15.3. The van der Waals surface area contributed by atoms with E-state index in [2.05, 4.69) is 15.7 Å². The smallest absolute Gasteiger partial charge is 0.251 e. The first kappa shape index (κ1) is 18.3. The largest absolute Gasteiger partial charge is 0.326 e. The molecule has 1 aliphatic heterocycles. The van der Waals surface area contributed by atoms with Crippen molar-refractivity contribution >= 4 is 34.9 Å². The zero-order chi connectivity index (χ0) is 19.7. The van der Waals surface area contributed by atoms with Crippen LogP contribution in [0, 0.1) is 0 Å². The standard InChI is InChI=1S/C21H19ClN4O2/c1-2-16-19(13-8-10-14(22)11-9-13)20-24-21(28)17(26(20)25-16)12-18(27)23-15-6-4-3-5-7-15/h3-11,17H,2,12H2,1H3,(H,23,27)(H,24,28). The number of aryl methyl sites for hydroxylation is 1. The Morgan fingerprint density at radius 1 is 1.18 bits per heavy atom. The predicted octanol–water partition coefficient (Wildman–Crippen LogP) is 4.29. The van der Waals surface area contributed by atoms with Crippen LogP contribution in [0.1, 0.15) is 25.1 Å². The Bertz CT molecular complexity index is 1030. The van der Waals surface area contributed by atoms with Crippen LogP contribution in [0.2, 0.25) is 5.02 Å². The lowest BCUT2D eigenvalue weighted by Gasteiger charge is -2.10. The number of carbonyl (C=O) groups excluding carboxylic acids is 2. The summed E-state index contributed by atoms with van der Waals surface area (Å²) in [5.74, 6) is 0.158. The topological polar surface area (TPSA) is 76.0 Å². The first-order chi connectivity index (χ1) is 13.6. The van der Waals surface area contributed by atoms with Gasteiger partial charge in [0.2, 0.25) is 5.91 Å². The van der Waals surface area contributed by atoms with E-state index in [1.54, 1.807) is 16.8 Å². The molecule has 0 aliphatic carbocycles. The van der Waals surface area contributed by atoms with Gasteiger partial charge in [-0.25, -0.2) is 4.68 Å². The minimum absolute atomic E-state index is 0.0125. The minimum atomic E-state index is -0.676. The van der Waals surface area contributed by atoms with Crippen LogP contribution in [0.3, 0.4) is 0 Å². The van der Waals surface area contributed by atoms with Crippen LogP contribution >= 0.6 is 11.6 Å². The van der Waals surface area contributed by atoms with Crippen LogP contribution in [0.4, 0.5) is 11.5 Å². The average Bonchev–Trinajstić information content (AvgIpc) is 3.19. The highest BCUT2D eigenvalue weighted by Crippen LogP contribution is 2.39. The Hall–Kier alpha value is -3.12. The molecule has 142 valence electrons. The number of anilines is 2. The molecular weight excluding hydrogens is 376 g/mol. The summed E-state index contributed by atoms with van der Waals surface area (Å²) >= 11 is 6.00. The van der Waals surface area contributed by atoms with E-state index in [1.807, 2.05) is 49.4 Å². The first-order valence-corrected chi connectivity index (χ1v) is 9.47. The van der Waals surface area contributed by atoms with E-state index in [0.29, 0.717) is 22.9 Å². The van der Waals surface area contributed by atoms with Gasteiger partial charge >= 0.3 is 0 Å². The quantitative estimate of drug-likeness (QED) is 0.677. The summed E-state index contributed by atoms with van der Waals surface area (Å²) in [4.78, 5) is 25.0. The van der Waals surface area contributed by atoms with Crippen molar-refractivity contribution in [2.75, 3.05) is 10.6 Å². The Labute approximate surface area is 167 Å². The van der Waals surface area contributed by atoms with Crippen molar-refractivity contribution < 1.29 is 9.59 Å². The van der Waals surface area contributed by atoms with Gasteiger partial charge in [0.05, 0.1) is 12.1 Å². The molecule has 0 fully saturated rings. The molecule has 1 aromatic heterocycles. The number of carbonyl (C=O) groups is 2. The van der Waals surface area contributed by atoms with E-state index in [-0.39, 0.29) is 18.2 Å². The fourth-order valence-corrected chi connectivity index (χ4v) is 3.52. The number of rotatable bonds is 5. The molecule has 6 nitrogen and oxygen atoms in total. The third-order valence-corrected chi connectivity index (χ3v) is 4.98. The Morgan fingerprint density at radius 2 is 1.89 bits per heavy atom. The van der Waals surface area contributed by atoms with Crippen molar-refractivity contribution in [3.05, 3.63) is 65.3 Å². The van der Waals surface area contributed by atoms with Gasteiger partial charge in [0, 0.05) is 16.3 Å². The fourth-order valence-electron chi connectivity index (χ4n) is 3.39. The monoisotopic (exact) mass is 394 g/mol. The van der Waals surface area contributed by atoms with E-state index in [1.165, 1.54) is 0 Å². The molecule has 2 amide bonds. The van der Waals surface area contributed by atoms with Crippen molar-refractivity contribution in [1.82, 2.24) is 9.78 Å². The number of fused-ring (bicyclic) bond motifs is 1. The molecule has 28 heavy (non-hydrogen) atoms. The van der Waals surface area contributed by atoms with Crippen molar-refractivity contribution in [2.45, 2.75) is 25.8 Å². The second-order valence-corrected chi connectivity index (χ2v) is 7.04. The molecule has 2 aromatic carbocycles. The average molecular weight is 395 g/mol. The third kappa shape index (κ3) is 3.39. The molecule has 0 saturated heterocycles. The summed E-state index contributed by atoms with van der Waals surface area (Å²) < 4.78 is 1.63. The lowest BCUT2D eigenvalue weighted by atomic mass is 10.0. The van der Waals surface area contributed by atoms with Crippen molar-refractivity contribution in [1.29, 1.82) is 0 Å². The number of amides is 2. The molecule has 2 heterocycles. The van der Waals surface area contributed by atoms with Crippen LogP contribution < -0.4 is 10.6 Å². The molecule has 1 unspecified atom stereocenters. The molecule has 4 rings (SSSR count). The van der Waals surface area contributed by atoms with E-state index in [0.717, 1.165) is 16.8 Å². The first-order valence-electron chi connectivity index (χ1n) is 9.10. The second-order valence-electron chi connectivity index (χ2n) is 6.60. The molecular formula is C21H19ClN4O2. The summed E-state index contributed by atoms with van der Waals surface area (Å²) in [6, 6.07) is 15.9. The number of nitrogens with one attached hydrogen (secondary N) is 2. The fraction of sp³-hybridized carbons (Fsp3) is 0.190. The highest BCUT2D eigenvalue weighted by atomic mass is 35.5. The van der Waals surface area contributed by atoms with Crippen LogP contribution in [-0.4, -0.2) is 21.6 Å². The molecule has 1 atom stereocenters. The van der Waals surface area contributed by atoms with Crippen LogP contribution in [-0.2, 0) is 16.0 Å². The normalized spacial score (nSPS) is 15.2. The van der Waals surface area contributed by atoms with Gasteiger partial charge < -0.3 is 10.6 Å². The van der Waals surface area contributed by atoms with Crippen LogP contribution in [0.25, 0.3) is 11.1 Å². The second kappa shape index (κ2) is 7.48. The van der Waals surface area contributed by atoms with E-state index < -0.39 is 6.04 Å². The maximum atomic E-state index is 12.5. The van der Waals surface area contributed by atoms with Gasteiger partial charge in [-0.3, -0.25) is 9.59 Å². The minimum Gasteiger partial charge on any atom is -0.326 e. The molecule has 1 aliphatic rings. The molecule has 0 saturated carbocycles. The summed E-state index contributed by atoms with van der Waals surface area (Å²) in [6.45, 7) is 2.01. The number of para-hydroxylation sites is 1. The Kier molecular flexibility index (Phi) is 4.88. The number of halogens is 1. The number of aromatic nitrogens is 2. The number of benzene rings is 2. The molecule has 7 heteroatoms. The number of hydrogen-bond acceptors (Lipinski definition) is 3. The van der Waals surface area contributed by atoms with Gasteiger partial charge in [-0.05, 0) is 36.2 Å². The Morgan fingerprint density at radius 3 is 2.57 bits per heavy atom. The molecule has 0 spiro atoms. The van der Waals surface area contributed by atoms with Gasteiger partial charge in [0.15, 0.2) is 0 Å². The maximum absolute atomic E-state index is 12.5. The van der Waals surface area contributed by atoms with E-state index >= 15 is 0 Å². The summed E-state index contributed by atoms with van der Waals surface area (Å²) in [6.07, 6.45) is 0.718. The molecule has 0 bridgehead atoms. The molecule has 2 N–H and O–H groups in total. The number of hydrogen-bond donors (Lipinski definition) is 2. The highest BCUT2D eigenvalue weighted by Gasteiger charge is 2.36. The van der Waals surface area contributed by atoms with Crippen LogP contribution in [0.15, 0.2) is 54.6 Å². The summed E-state index contributed by atoms with van der Waals surface area (Å²) in [7, 11) is 0. The number of nitrogens with zero attached hydrogens (tertiary/aromatic N) is 2. The van der Waals surface area contributed by atoms with Crippen molar-refractivity contribution in [2.24, 2.45) is 0 Å². The lowest BCUT2D eigenvalue weighted by molar-refractivity contribution is -0.123. The van der Waals surface area contributed by atoms with Gasteiger partial charge in [0.25, 0.3) is 5.91 Å². The SMILES string of the molecule is CCc1nn2c(c1-c1ccc(Cl)cc1)NC(=O)C2CC(=O)Nc1ccccc1. The van der Waals surface area contributed by atoms with E-state index in [4.69, 9.17) is 11.6 Å². The maximum Gasteiger partial charge on any atom is 0.251 e. The van der Waals surface area contributed by atoms with Gasteiger partial charge in [-0.15, -0.1) is 0 Å². The van der Waals surface area contributed by atoms with Gasteiger partial charge in [0.1, 0.15) is 11.9 Å². The van der Waals surface area contributed by atoms with Crippen LogP contribution in [0.5, 0.6) is 0 Å². The predicted molar refractivity (Wildman–Crippen MR) is 109 cm³/mol. The van der Waals surface area contributed by atoms with E-state index in [9.17, 15) is 9.59 Å². The van der Waals surface area contributed by atoms with Crippen molar-refractivity contribution in [3.63, 3.8) is 0 Å². The molecule has 0 radical (unpaired) electrons. The van der Waals surface area contributed by atoms with Gasteiger partial charge in [-0.2, -0.15) is 5.10 Å². The summed E-state index contributed by atoms with van der Waals surface area (Å²) in [5, 5.41) is 11.0. The lowest BCUT2D eigenvalue weighted by Crippen LogP contribution is -2.23. The van der Waals surface area contributed by atoms with Crippen molar-refractivity contribution in [3.8, 4) is 11.1 Å². The Balaban J connectivity index is 1.62. The van der Waals surface area contributed by atoms with Gasteiger partial charge in [-0.1, -0.05) is 48.9 Å². The summed E-state index contributed by atoms with van der Waals surface area (Å²) in [5.41, 5.74) is 3.36. The highest BCUT2D eigenvalue weighted by molar-refractivity contribution is 6.30. The molecule has 3 aromatic rings.